The highest BCUT2D eigenvalue weighted by Gasteiger charge is 2.21. The monoisotopic (exact) mass is 547 g/mol. The maximum absolute atomic E-state index is 11.9. The number of halogens is 1. The molecule has 1 aromatic rings. The van der Waals surface area contributed by atoms with Crippen LogP contribution in [0.3, 0.4) is 0 Å². The molecule has 9 heteroatoms. The zero-order valence-electron chi connectivity index (χ0n) is 18.9. The van der Waals surface area contributed by atoms with Gasteiger partial charge in [-0.1, -0.05) is 19.1 Å². The van der Waals surface area contributed by atoms with E-state index in [9.17, 15) is 9.90 Å². The van der Waals surface area contributed by atoms with E-state index in [2.05, 4.69) is 32.8 Å². The fourth-order valence-corrected chi connectivity index (χ4v) is 3.40. The van der Waals surface area contributed by atoms with Crippen LogP contribution in [-0.2, 0) is 4.79 Å². The second-order valence-corrected chi connectivity index (χ2v) is 7.56. The lowest BCUT2D eigenvalue weighted by atomic mass is 10.1. The molecule has 1 aromatic carbocycles. The number of carbonyl (C=O) groups is 1. The van der Waals surface area contributed by atoms with Gasteiger partial charge in [0, 0.05) is 32.2 Å². The number of hydrogen-bond donors (Lipinski definition) is 4. The van der Waals surface area contributed by atoms with E-state index in [4.69, 9.17) is 4.74 Å². The quantitative estimate of drug-likeness (QED) is 0.203. The van der Waals surface area contributed by atoms with Crippen LogP contribution in [0.5, 0.6) is 5.75 Å². The number of methoxy groups -OCH3 is 1. The van der Waals surface area contributed by atoms with E-state index in [1.807, 2.05) is 31.2 Å². The summed E-state index contributed by atoms with van der Waals surface area (Å²) >= 11 is 0. The first kappa shape index (κ1) is 27.4. The Bertz CT molecular complexity index is 681. The average Bonchev–Trinajstić information content (AvgIpc) is 2.77. The van der Waals surface area contributed by atoms with Crippen molar-refractivity contribution < 1.29 is 14.6 Å². The van der Waals surface area contributed by atoms with Gasteiger partial charge < -0.3 is 25.8 Å². The number of nitrogens with zero attached hydrogens (tertiary/aromatic N) is 2. The van der Waals surface area contributed by atoms with E-state index in [1.165, 1.54) is 0 Å². The van der Waals surface area contributed by atoms with Crippen LogP contribution < -0.4 is 20.7 Å². The molecule has 31 heavy (non-hydrogen) atoms. The number of likely N-dealkylation sites (tertiary alicyclic amines) is 1. The Morgan fingerprint density at radius 3 is 2.68 bits per heavy atom. The lowest BCUT2D eigenvalue weighted by Gasteiger charge is -2.32. The minimum absolute atomic E-state index is 0. The molecule has 2 rings (SSSR count). The molecule has 0 spiro atoms. The maximum Gasteiger partial charge on any atom is 0.234 e. The highest BCUT2D eigenvalue weighted by Crippen LogP contribution is 2.19. The van der Waals surface area contributed by atoms with E-state index in [1.54, 1.807) is 7.11 Å². The summed E-state index contributed by atoms with van der Waals surface area (Å²) in [5, 5.41) is 20.1. The largest absolute Gasteiger partial charge is 0.497 e. The number of aliphatic hydroxyl groups is 1. The molecule has 0 aromatic heterocycles. The fourth-order valence-electron chi connectivity index (χ4n) is 3.40. The van der Waals surface area contributed by atoms with Crippen molar-refractivity contribution in [2.75, 3.05) is 46.4 Å². The van der Waals surface area contributed by atoms with E-state index < -0.39 is 6.10 Å². The zero-order valence-corrected chi connectivity index (χ0v) is 21.2. The molecule has 1 amide bonds. The van der Waals surface area contributed by atoms with Gasteiger partial charge >= 0.3 is 0 Å². The van der Waals surface area contributed by atoms with Gasteiger partial charge in [-0.25, -0.2) is 0 Å². The van der Waals surface area contributed by atoms with Gasteiger partial charge in [0.1, 0.15) is 5.75 Å². The molecule has 1 heterocycles. The molecule has 8 nitrogen and oxygen atoms in total. The number of aliphatic hydroxyl groups excluding tert-OH is 1. The molecule has 4 N–H and O–H groups in total. The van der Waals surface area contributed by atoms with Crippen molar-refractivity contribution in [2.45, 2.75) is 45.3 Å². The Morgan fingerprint density at radius 1 is 1.29 bits per heavy atom. The van der Waals surface area contributed by atoms with E-state index >= 15 is 0 Å². The van der Waals surface area contributed by atoms with E-state index in [0.717, 1.165) is 56.8 Å². The summed E-state index contributed by atoms with van der Waals surface area (Å²) in [4.78, 5) is 18.7. The Kier molecular flexibility index (Phi) is 13.5. The maximum atomic E-state index is 11.9. The number of benzene rings is 1. The molecule has 0 aliphatic carbocycles. The number of amides is 1. The van der Waals surface area contributed by atoms with Gasteiger partial charge in [-0.3, -0.25) is 14.7 Å². The third-order valence-electron chi connectivity index (χ3n) is 5.11. The number of rotatable bonds is 10. The minimum atomic E-state index is -0.695. The first-order valence-electron chi connectivity index (χ1n) is 10.9. The van der Waals surface area contributed by atoms with Crippen LogP contribution in [0, 0.1) is 0 Å². The molecule has 1 atom stereocenters. The smallest absolute Gasteiger partial charge is 0.234 e. The van der Waals surface area contributed by atoms with Crippen molar-refractivity contribution >= 4 is 35.8 Å². The number of piperidine rings is 1. The Balaban J connectivity index is 0.00000480. The predicted octanol–water partition coefficient (Wildman–Crippen LogP) is 1.89. The molecule has 1 saturated heterocycles. The van der Waals surface area contributed by atoms with Crippen molar-refractivity contribution in [2.24, 2.45) is 4.99 Å². The standard InChI is InChI=1S/C22H37N5O3.HI/c1-4-11-24-21(29)16-27-12-9-18(10-13-27)26-22(23-5-2)25-15-20(28)17-7-6-8-19(14-17)30-3;/h6-8,14,18,20,28H,4-5,9-13,15-16H2,1-3H3,(H,24,29)(H2,23,25,26);1H. The highest BCUT2D eigenvalue weighted by molar-refractivity contribution is 14.0. The SMILES string of the molecule is CCCNC(=O)CN1CCC(NC(=NCC(O)c2cccc(OC)c2)NCC)CC1.I. The summed E-state index contributed by atoms with van der Waals surface area (Å²) in [7, 11) is 1.61. The number of aliphatic imine (C=N–C) groups is 1. The number of hydrogen-bond acceptors (Lipinski definition) is 5. The summed E-state index contributed by atoms with van der Waals surface area (Å²) in [6, 6.07) is 7.71. The molecular formula is C22H38IN5O3. The molecule has 0 bridgehead atoms. The fraction of sp³-hybridized carbons (Fsp3) is 0.636. The van der Waals surface area contributed by atoms with Gasteiger partial charge in [-0.15, -0.1) is 24.0 Å². The van der Waals surface area contributed by atoms with Gasteiger partial charge in [0.2, 0.25) is 5.91 Å². The normalized spacial score (nSPS) is 16.2. The third-order valence-corrected chi connectivity index (χ3v) is 5.11. The average molecular weight is 547 g/mol. The van der Waals surface area contributed by atoms with Crippen LogP contribution in [-0.4, -0.2) is 74.3 Å². The van der Waals surface area contributed by atoms with Gasteiger partial charge in [-0.05, 0) is 43.9 Å². The van der Waals surface area contributed by atoms with Crippen molar-refractivity contribution in [3.05, 3.63) is 29.8 Å². The van der Waals surface area contributed by atoms with Gasteiger partial charge in [0.15, 0.2) is 5.96 Å². The van der Waals surface area contributed by atoms with Crippen molar-refractivity contribution in [1.29, 1.82) is 0 Å². The Hall–Kier alpha value is -1.59. The second-order valence-electron chi connectivity index (χ2n) is 7.56. The lowest BCUT2D eigenvalue weighted by Crippen LogP contribution is -2.50. The molecule has 1 unspecified atom stereocenters. The molecule has 1 aliphatic rings. The molecule has 1 aliphatic heterocycles. The van der Waals surface area contributed by atoms with Crippen molar-refractivity contribution in [3.63, 3.8) is 0 Å². The molecule has 0 radical (unpaired) electrons. The zero-order chi connectivity index (χ0) is 21.8. The lowest BCUT2D eigenvalue weighted by molar-refractivity contribution is -0.122. The Morgan fingerprint density at radius 2 is 2.03 bits per heavy atom. The number of guanidine groups is 1. The van der Waals surface area contributed by atoms with Gasteiger partial charge in [-0.2, -0.15) is 0 Å². The summed E-state index contributed by atoms with van der Waals surface area (Å²) in [5.74, 6) is 1.53. The Labute approximate surface area is 203 Å². The summed E-state index contributed by atoms with van der Waals surface area (Å²) in [6.45, 7) is 8.04. The molecule has 1 fully saturated rings. The number of carbonyl (C=O) groups excluding carboxylic acids is 1. The summed E-state index contributed by atoms with van der Waals surface area (Å²) in [5.41, 5.74) is 0.781. The summed E-state index contributed by atoms with van der Waals surface area (Å²) < 4.78 is 5.22. The van der Waals surface area contributed by atoms with Crippen LogP contribution in [0.25, 0.3) is 0 Å². The van der Waals surface area contributed by atoms with Gasteiger partial charge in [0.05, 0.1) is 26.3 Å². The highest BCUT2D eigenvalue weighted by atomic mass is 127. The first-order chi connectivity index (χ1) is 14.5. The van der Waals surface area contributed by atoms with Crippen molar-refractivity contribution in [3.8, 4) is 5.75 Å². The minimum Gasteiger partial charge on any atom is -0.497 e. The van der Waals surface area contributed by atoms with Crippen LogP contribution in [0.1, 0.15) is 44.8 Å². The van der Waals surface area contributed by atoms with Crippen LogP contribution >= 0.6 is 24.0 Å². The predicted molar refractivity (Wildman–Crippen MR) is 135 cm³/mol. The summed E-state index contributed by atoms with van der Waals surface area (Å²) in [6.07, 6.45) is 2.16. The van der Waals surface area contributed by atoms with Crippen LogP contribution in [0.4, 0.5) is 0 Å². The molecule has 0 saturated carbocycles. The van der Waals surface area contributed by atoms with E-state index in [-0.39, 0.29) is 36.4 Å². The molecular weight excluding hydrogens is 509 g/mol. The third kappa shape index (κ3) is 10.0. The molecule has 176 valence electrons. The van der Waals surface area contributed by atoms with Crippen molar-refractivity contribution in [1.82, 2.24) is 20.9 Å². The number of ether oxygens (including phenoxy) is 1. The van der Waals surface area contributed by atoms with Gasteiger partial charge in [0.25, 0.3) is 0 Å². The second kappa shape index (κ2) is 15.3. The van der Waals surface area contributed by atoms with E-state index in [0.29, 0.717) is 18.5 Å². The topological polar surface area (TPSA) is 98.2 Å². The van der Waals surface area contributed by atoms with Crippen LogP contribution in [0.2, 0.25) is 0 Å². The van der Waals surface area contributed by atoms with Crippen LogP contribution in [0.15, 0.2) is 29.3 Å². The number of nitrogens with one attached hydrogen (secondary N) is 3. The first-order valence-corrected chi connectivity index (χ1v) is 10.9.